The maximum absolute atomic E-state index is 11.1. The van der Waals surface area contributed by atoms with Crippen LogP contribution in [0.15, 0.2) is 18.2 Å². The zero-order chi connectivity index (χ0) is 12.0. The van der Waals surface area contributed by atoms with E-state index in [1.807, 2.05) is 0 Å². The van der Waals surface area contributed by atoms with Crippen LogP contribution in [-0.2, 0) is 4.74 Å². The number of aromatic hydroxyl groups is 1. The fraction of sp³-hybridized carbons (Fsp3) is 0.300. The first kappa shape index (κ1) is 12.1. The van der Waals surface area contributed by atoms with E-state index in [9.17, 15) is 9.90 Å². The maximum Gasteiger partial charge on any atom is 0.411 e. The number of carbonyl (C=O) groups is 1. The van der Waals surface area contributed by atoms with E-state index in [1.54, 1.807) is 6.07 Å². The van der Waals surface area contributed by atoms with Gasteiger partial charge in [-0.25, -0.2) is 4.79 Å². The Morgan fingerprint density at radius 3 is 2.81 bits per heavy atom. The third kappa shape index (κ3) is 3.32. The van der Waals surface area contributed by atoms with Gasteiger partial charge in [0.15, 0.2) is 11.5 Å². The summed E-state index contributed by atoms with van der Waals surface area (Å²) < 4.78 is 9.42. The predicted molar refractivity (Wildman–Crippen MR) is 56.7 cm³/mol. The molecule has 1 rings (SSSR count). The van der Waals surface area contributed by atoms with E-state index in [-0.39, 0.29) is 19.0 Å². The van der Waals surface area contributed by atoms with E-state index < -0.39 is 6.09 Å². The van der Waals surface area contributed by atoms with Crippen LogP contribution in [0.3, 0.4) is 0 Å². The lowest BCUT2D eigenvalue weighted by molar-refractivity contribution is 0.131. The van der Waals surface area contributed by atoms with Gasteiger partial charge in [-0.15, -0.1) is 0 Å². The van der Waals surface area contributed by atoms with Crippen LogP contribution < -0.4 is 10.1 Å². The second-order valence-electron chi connectivity index (χ2n) is 2.87. The summed E-state index contributed by atoms with van der Waals surface area (Å²) in [7, 11) is 1.43. The molecule has 6 nitrogen and oxygen atoms in total. The van der Waals surface area contributed by atoms with Crippen LogP contribution in [0, 0.1) is 0 Å². The molecule has 0 aliphatic rings. The van der Waals surface area contributed by atoms with Crippen LogP contribution in [0.4, 0.5) is 10.5 Å². The molecule has 0 bridgehead atoms. The number of phenolic OH excluding ortho intramolecular Hbond substituents is 1. The largest absolute Gasteiger partial charge is 0.504 e. The monoisotopic (exact) mass is 227 g/mol. The molecule has 0 unspecified atom stereocenters. The fourth-order valence-electron chi connectivity index (χ4n) is 1.06. The summed E-state index contributed by atoms with van der Waals surface area (Å²) in [6, 6.07) is 4.40. The minimum Gasteiger partial charge on any atom is -0.504 e. The average molecular weight is 227 g/mol. The van der Waals surface area contributed by atoms with Gasteiger partial charge in [0.05, 0.1) is 13.7 Å². The lowest BCUT2D eigenvalue weighted by Crippen LogP contribution is -2.15. The van der Waals surface area contributed by atoms with Gasteiger partial charge in [-0.2, -0.15) is 0 Å². The summed E-state index contributed by atoms with van der Waals surface area (Å²) in [6.07, 6.45) is -0.696. The molecule has 0 heterocycles. The number of ether oxygens (including phenoxy) is 2. The summed E-state index contributed by atoms with van der Waals surface area (Å²) in [6.45, 7) is -0.310. The first-order valence-electron chi connectivity index (χ1n) is 4.59. The van der Waals surface area contributed by atoms with Crippen molar-refractivity contribution in [3.8, 4) is 11.5 Å². The van der Waals surface area contributed by atoms with E-state index in [0.717, 1.165) is 0 Å². The van der Waals surface area contributed by atoms with Gasteiger partial charge >= 0.3 is 6.09 Å². The molecule has 16 heavy (non-hydrogen) atoms. The second-order valence-corrected chi connectivity index (χ2v) is 2.87. The summed E-state index contributed by atoms with van der Waals surface area (Å²) >= 11 is 0. The zero-order valence-electron chi connectivity index (χ0n) is 8.77. The number of methoxy groups -OCH3 is 1. The number of phenols is 1. The third-order valence-corrected chi connectivity index (χ3v) is 1.75. The molecular weight excluding hydrogens is 214 g/mol. The van der Waals surface area contributed by atoms with Crippen molar-refractivity contribution >= 4 is 11.8 Å². The Labute approximate surface area is 92.4 Å². The SMILES string of the molecule is COc1ccc(NC(=O)OCCO)cc1O. The number of aliphatic hydroxyl groups is 1. The number of aliphatic hydroxyl groups excluding tert-OH is 1. The van der Waals surface area contributed by atoms with Gasteiger partial charge in [0, 0.05) is 11.8 Å². The molecule has 3 N–H and O–H groups in total. The summed E-state index contributed by atoms with van der Waals surface area (Å²) in [4.78, 5) is 11.1. The standard InChI is InChI=1S/C10H13NO5/c1-15-9-3-2-7(6-8(9)13)11-10(14)16-5-4-12/h2-3,6,12-13H,4-5H2,1H3,(H,11,14). The van der Waals surface area contributed by atoms with Crippen molar-refractivity contribution in [2.75, 3.05) is 25.6 Å². The lowest BCUT2D eigenvalue weighted by Gasteiger charge is -2.08. The minimum atomic E-state index is -0.696. The van der Waals surface area contributed by atoms with Gasteiger partial charge in [0.1, 0.15) is 6.61 Å². The number of carbonyl (C=O) groups excluding carboxylic acids is 1. The molecule has 1 aromatic carbocycles. The van der Waals surface area contributed by atoms with E-state index in [0.29, 0.717) is 11.4 Å². The number of nitrogens with one attached hydrogen (secondary N) is 1. The highest BCUT2D eigenvalue weighted by molar-refractivity contribution is 5.85. The molecular formula is C10H13NO5. The molecule has 0 aliphatic carbocycles. The molecule has 0 aliphatic heterocycles. The quantitative estimate of drug-likeness (QED) is 0.712. The molecule has 1 aromatic rings. The number of hydrogen-bond donors (Lipinski definition) is 3. The molecule has 6 heteroatoms. The Balaban J connectivity index is 2.61. The van der Waals surface area contributed by atoms with Gasteiger partial charge in [0.25, 0.3) is 0 Å². The van der Waals surface area contributed by atoms with Crippen LogP contribution in [0.1, 0.15) is 0 Å². The van der Waals surface area contributed by atoms with Gasteiger partial charge in [0.2, 0.25) is 0 Å². The van der Waals surface area contributed by atoms with Gasteiger partial charge in [-0.1, -0.05) is 0 Å². The normalized spacial score (nSPS) is 9.62. The highest BCUT2D eigenvalue weighted by Crippen LogP contribution is 2.28. The van der Waals surface area contributed by atoms with E-state index >= 15 is 0 Å². The van der Waals surface area contributed by atoms with Crippen molar-refractivity contribution in [3.63, 3.8) is 0 Å². The number of anilines is 1. The van der Waals surface area contributed by atoms with Gasteiger partial charge in [-0.3, -0.25) is 5.32 Å². The highest BCUT2D eigenvalue weighted by Gasteiger charge is 2.06. The Bertz CT molecular complexity index is 366. The predicted octanol–water partition coefficient (Wildman–Crippen LogP) is 0.942. The summed E-state index contributed by atoms with van der Waals surface area (Å²) in [5, 5.41) is 20.2. The second kappa shape index (κ2) is 5.82. The smallest absolute Gasteiger partial charge is 0.411 e. The molecule has 0 saturated carbocycles. The molecule has 0 radical (unpaired) electrons. The Morgan fingerprint density at radius 2 is 2.25 bits per heavy atom. The topological polar surface area (TPSA) is 88.0 Å². The Kier molecular flexibility index (Phi) is 4.41. The molecule has 0 saturated heterocycles. The van der Waals surface area contributed by atoms with Crippen molar-refractivity contribution in [2.24, 2.45) is 0 Å². The zero-order valence-corrected chi connectivity index (χ0v) is 8.77. The van der Waals surface area contributed by atoms with Crippen LogP contribution in [0.5, 0.6) is 11.5 Å². The van der Waals surface area contributed by atoms with E-state index in [2.05, 4.69) is 10.1 Å². The molecule has 0 fully saturated rings. The molecule has 88 valence electrons. The van der Waals surface area contributed by atoms with Gasteiger partial charge in [-0.05, 0) is 12.1 Å². The Hall–Kier alpha value is -1.95. The van der Waals surface area contributed by atoms with Crippen molar-refractivity contribution in [1.82, 2.24) is 0 Å². The molecule has 0 spiro atoms. The van der Waals surface area contributed by atoms with Crippen LogP contribution in [0.2, 0.25) is 0 Å². The highest BCUT2D eigenvalue weighted by atomic mass is 16.6. The number of amides is 1. The van der Waals surface area contributed by atoms with Crippen molar-refractivity contribution < 1.29 is 24.5 Å². The van der Waals surface area contributed by atoms with Crippen molar-refractivity contribution in [1.29, 1.82) is 0 Å². The van der Waals surface area contributed by atoms with Gasteiger partial charge < -0.3 is 19.7 Å². The van der Waals surface area contributed by atoms with E-state index in [1.165, 1.54) is 19.2 Å². The van der Waals surface area contributed by atoms with Crippen molar-refractivity contribution in [3.05, 3.63) is 18.2 Å². The molecule has 0 aromatic heterocycles. The third-order valence-electron chi connectivity index (χ3n) is 1.75. The number of hydrogen-bond acceptors (Lipinski definition) is 5. The van der Waals surface area contributed by atoms with Crippen LogP contribution in [0.25, 0.3) is 0 Å². The first-order valence-corrected chi connectivity index (χ1v) is 4.59. The Morgan fingerprint density at radius 1 is 1.50 bits per heavy atom. The van der Waals surface area contributed by atoms with Crippen LogP contribution >= 0.6 is 0 Å². The average Bonchev–Trinajstić information content (AvgIpc) is 2.26. The fourth-order valence-corrected chi connectivity index (χ4v) is 1.06. The van der Waals surface area contributed by atoms with Crippen LogP contribution in [-0.4, -0.2) is 36.6 Å². The minimum absolute atomic E-state index is 0.0754. The molecule has 0 atom stereocenters. The van der Waals surface area contributed by atoms with E-state index in [4.69, 9.17) is 9.84 Å². The number of benzene rings is 1. The summed E-state index contributed by atoms with van der Waals surface area (Å²) in [5.74, 6) is 0.233. The lowest BCUT2D eigenvalue weighted by atomic mass is 10.3. The summed E-state index contributed by atoms with van der Waals surface area (Å²) in [5.41, 5.74) is 0.376. The first-order chi connectivity index (χ1) is 7.67. The van der Waals surface area contributed by atoms with Crippen molar-refractivity contribution in [2.45, 2.75) is 0 Å². The maximum atomic E-state index is 11.1. The molecule has 1 amide bonds. The number of rotatable bonds is 4.